The van der Waals surface area contributed by atoms with E-state index in [1.54, 1.807) is 10.9 Å². The zero-order valence-electron chi connectivity index (χ0n) is 13.7. The van der Waals surface area contributed by atoms with Crippen molar-refractivity contribution in [1.29, 1.82) is 0 Å². The fraction of sp³-hybridized carbons (Fsp3) is 0.688. The van der Waals surface area contributed by atoms with Crippen LogP contribution < -0.4 is 0 Å². The van der Waals surface area contributed by atoms with Crippen LogP contribution in [0.15, 0.2) is 12.4 Å². The van der Waals surface area contributed by atoms with Gasteiger partial charge < -0.3 is 10.0 Å². The normalized spacial score (nSPS) is 18.3. The van der Waals surface area contributed by atoms with Crippen LogP contribution >= 0.6 is 0 Å². The Bertz CT molecular complexity index is 551. The molecule has 0 bridgehead atoms. The third-order valence-corrected chi connectivity index (χ3v) is 4.67. The topological polar surface area (TPSA) is 75.4 Å². The van der Waals surface area contributed by atoms with E-state index in [9.17, 15) is 9.59 Å². The number of piperidine rings is 1. The second-order valence-corrected chi connectivity index (χ2v) is 7.16. The van der Waals surface area contributed by atoms with Gasteiger partial charge in [0.2, 0.25) is 5.91 Å². The van der Waals surface area contributed by atoms with Gasteiger partial charge in [-0.1, -0.05) is 27.7 Å². The molecule has 1 N–H and O–H groups in total. The van der Waals surface area contributed by atoms with E-state index in [-0.39, 0.29) is 28.8 Å². The Morgan fingerprint density at radius 1 is 1.32 bits per heavy atom. The number of nitrogens with zero attached hydrogens (tertiary/aromatic N) is 3. The monoisotopic (exact) mass is 307 g/mol. The highest BCUT2D eigenvalue weighted by Gasteiger charge is 2.32. The third-order valence-electron chi connectivity index (χ3n) is 4.67. The van der Waals surface area contributed by atoms with Crippen LogP contribution in [0.5, 0.6) is 0 Å². The molecular formula is C16H25N3O3. The molecule has 1 atom stereocenters. The zero-order chi connectivity index (χ0) is 16.5. The number of hydrogen-bond donors (Lipinski definition) is 1. The first-order chi connectivity index (χ1) is 10.2. The van der Waals surface area contributed by atoms with Crippen molar-refractivity contribution in [2.45, 2.75) is 46.6 Å². The van der Waals surface area contributed by atoms with Gasteiger partial charge in [0.05, 0.1) is 17.8 Å². The molecule has 1 unspecified atom stereocenters. The molecule has 2 rings (SSSR count). The van der Waals surface area contributed by atoms with Gasteiger partial charge in [-0.15, -0.1) is 0 Å². The fourth-order valence-electron chi connectivity index (χ4n) is 2.64. The smallest absolute Gasteiger partial charge is 0.338 e. The van der Waals surface area contributed by atoms with Crippen molar-refractivity contribution in [3.63, 3.8) is 0 Å². The van der Waals surface area contributed by atoms with Crippen LogP contribution in [0.25, 0.3) is 0 Å². The van der Waals surface area contributed by atoms with E-state index in [4.69, 9.17) is 5.11 Å². The minimum absolute atomic E-state index is 0.00707. The average molecular weight is 307 g/mol. The van der Waals surface area contributed by atoms with Gasteiger partial charge in [0, 0.05) is 25.2 Å². The second kappa shape index (κ2) is 6.10. The maximum Gasteiger partial charge on any atom is 0.338 e. The van der Waals surface area contributed by atoms with Crippen molar-refractivity contribution >= 4 is 11.9 Å². The molecule has 1 aromatic rings. The predicted molar refractivity (Wildman–Crippen MR) is 82.7 cm³/mol. The molecular weight excluding hydrogens is 282 g/mol. The standard InChI is InChI=1S/C16H25N3O3/c1-11(16(2,3)4)14(20)18-7-5-13(6-8-18)19-10-12(9-17-19)15(21)22/h9-11,13H,5-8H2,1-4H3,(H,21,22). The van der Waals surface area contributed by atoms with Gasteiger partial charge in [0.25, 0.3) is 0 Å². The summed E-state index contributed by atoms with van der Waals surface area (Å²) < 4.78 is 1.72. The van der Waals surface area contributed by atoms with Crippen LogP contribution in [0.4, 0.5) is 0 Å². The number of carboxylic acids is 1. The number of hydrogen-bond acceptors (Lipinski definition) is 3. The molecule has 0 saturated carbocycles. The highest BCUT2D eigenvalue weighted by molar-refractivity contribution is 5.86. The number of likely N-dealkylation sites (tertiary alicyclic amines) is 1. The van der Waals surface area contributed by atoms with Gasteiger partial charge in [-0.3, -0.25) is 9.48 Å². The zero-order valence-corrected chi connectivity index (χ0v) is 13.7. The SMILES string of the molecule is CC(C(=O)N1CCC(n2cc(C(=O)O)cn2)CC1)C(C)(C)C. The van der Waals surface area contributed by atoms with Crippen LogP contribution in [0.2, 0.25) is 0 Å². The maximum atomic E-state index is 12.5. The van der Waals surface area contributed by atoms with E-state index >= 15 is 0 Å². The van der Waals surface area contributed by atoms with Crippen LogP contribution in [0, 0.1) is 11.3 Å². The van der Waals surface area contributed by atoms with Crippen molar-refractivity contribution in [3.05, 3.63) is 18.0 Å². The van der Waals surface area contributed by atoms with E-state index in [1.165, 1.54) is 6.20 Å². The van der Waals surface area contributed by atoms with Crippen molar-refractivity contribution in [1.82, 2.24) is 14.7 Å². The Balaban J connectivity index is 1.95. The third kappa shape index (κ3) is 3.48. The summed E-state index contributed by atoms with van der Waals surface area (Å²) in [6.45, 7) is 9.64. The summed E-state index contributed by atoms with van der Waals surface area (Å²) in [5.41, 5.74) is 0.173. The first kappa shape index (κ1) is 16.5. The lowest BCUT2D eigenvalue weighted by molar-refractivity contribution is -0.139. The summed E-state index contributed by atoms with van der Waals surface area (Å²) in [7, 11) is 0. The van der Waals surface area contributed by atoms with Crippen molar-refractivity contribution in [2.75, 3.05) is 13.1 Å². The molecule has 1 aliphatic heterocycles. The van der Waals surface area contributed by atoms with Gasteiger partial charge in [-0.25, -0.2) is 4.79 Å². The average Bonchev–Trinajstić information content (AvgIpc) is 2.95. The second-order valence-electron chi connectivity index (χ2n) is 7.16. The van der Waals surface area contributed by atoms with Gasteiger partial charge in [0.1, 0.15) is 0 Å². The Morgan fingerprint density at radius 3 is 2.36 bits per heavy atom. The first-order valence-corrected chi connectivity index (χ1v) is 7.76. The largest absolute Gasteiger partial charge is 0.478 e. The molecule has 0 aromatic carbocycles. The molecule has 22 heavy (non-hydrogen) atoms. The Kier molecular flexibility index (Phi) is 4.58. The first-order valence-electron chi connectivity index (χ1n) is 7.76. The van der Waals surface area contributed by atoms with Crippen molar-refractivity contribution < 1.29 is 14.7 Å². The molecule has 1 aliphatic rings. The fourth-order valence-corrected chi connectivity index (χ4v) is 2.64. The van der Waals surface area contributed by atoms with Crippen LogP contribution in [0.3, 0.4) is 0 Å². The predicted octanol–water partition coefficient (Wildman–Crippen LogP) is 2.43. The number of carbonyl (C=O) groups is 2. The number of amides is 1. The minimum Gasteiger partial charge on any atom is -0.478 e. The lowest BCUT2D eigenvalue weighted by Gasteiger charge is -2.36. The highest BCUT2D eigenvalue weighted by Crippen LogP contribution is 2.29. The Morgan fingerprint density at radius 2 is 1.91 bits per heavy atom. The lowest BCUT2D eigenvalue weighted by Crippen LogP contribution is -2.44. The summed E-state index contributed by atoms with van der Waals surface area (Å²) in [5.74, 6) is -0.761. The summed E-state index contributed by atoms with van der Waals surface area (Å²) in [5, 5.41) is 13.1. The van der Waals surface area contributed by atoms with Gasteiger partial charge >= 0.3 is 5.97 Å². The van der Waals surface area contributed by atoms with Gasteiger partial charge in [-0.05, 0) is 18.3 Å². The maximum absolute atomic E-state index is 12.5. The number of aromatic carboxylic acids is 1. The Labute approximate surface area is 131 Å². The van der Waals surface area contributed by atoms with Crippen molar-refractivity contribution in [3.8, 4) is 0 Å². The van der Waals surface area contributed by atoms with Crippen molar-refractivity contribution in [2.24, 2.45) is 11.3 Å². The van der Waals surface area contributed by atoms with Crippen LogP contribution in [-0.2, 0) is 4.79 Å². The molecule has 122 valence electrons. The quantitative estimate of drug-likeness (QED) is 0.930. The minimum atomic E-state index is -0.960. The molecule has 1 fully saturated rings. The molecule has 2 heterocycles. The summed E-state index contributed by atoms with van der Waals surface area (Å²) in [6.07, 6.45) is 4.57. The Hall–Kier alpha value is -1.85. The number of aromatic nitrogens is 2. The van der Waals surface area contributed by atoms with E-state index in [0.29, 0.717) is 13.1 Å². The van der Waals surface area contributed by atoms with Crippen LogP contribution in [0.1, 0.15) is 56.9 Å². The summed E-state index contributed by atoms with van der Waals surface area (Å²) >= 11 is 0. The summed E-state index contributed by atoms with van der Waals surface area (Å²) in [4.78, 5) is 25.3. The van der Waals surface area contributed by atoms with E-state index in [0.717, 1.165) is 12.8 Å². The summed E-state index contributed by atoms with van der Waals surface area (Å²) in [6, 6.07) is 0.169. The lowest BCUT2D eigenvalue weighted by atomic mass is 9.81. The molecule has 0 radical (unpaired) electrons. The molecule has 6 heteroatoms. The van der Waals surface area contributed by atoms with E-state index < -0.39 is 5.97 Å². The molecule has 1 saturated heterocycles. The molecule has 1 amide bonds. The molecule has 0 spiro atoms. The highest BCUT2D eigenvalue weighted by atomic mass is 16.4. The molecule has 0 aliphatic carbocycles. The number of rotatable bonds is 3. The molecule has 6 nitrogen and oxygen atoms in total. The van der Waals surface area contributed by atoms with Gasteiger partial charge in [-0.2, -0.15) is 5.10 Å². The van der Waals surface area contributed by atoms with E-state index in [1.807, 2.05) is 11.8 Å². The number of carboxylic acid groups (broad SMARTS) is 1. The number of carbonyl (C=O) groups excluding carboxylic acids is 1. The van der Waals surface area contributed by atoms with Crippen LogP contribution in [-0.4, -0.2) is 44.8 Å². The van der Waals surface area contributed by atoms with Gasteiger partial charge in [0.15, 0.2) is 0 Å². The van der Waals surface area contributed by atoms with E-state index in [2.05, 4.69) is 25.9 Å². The molecule has 1 aromatic heterocycles.